The zero-order chi connectivity index (χ0) is 30.1. The number of ether oxygens (including phenoxy) is 2. The number of carbonyl (C=O) groups excluding carboxylic acids is 1. The fourth-order valence-corrected chi connectivity index (χ4v) is 4.55. The van der Waals surface area contributed by atoms with Crippen molar-refractivity contribution in [3.8, 4) is 0 Å². The number of pyridine rings is 1. The SMILES string of the molecule is NCCOCCOCCNC(=O)c1ccc(CNc2nc(NCCc3ccccn3)nc(NC3CCC(O)CC3)n2)cc1. The van der Waals surface area contributed by atoms with E-state index in [2.05, 4.69) is 41.2 Å². The monoisotopic (exact) mass is 593 g/mol. The van der Waals surface area contributed by atoms with Crippen LogP contribution in [-0.2, 0) is 22.4 Å². The number of amides is 1. The molecule has 2 aromatic heterocycles. The Kier molecular flexibility index (Phi) is 13.3. The highest BCUT2D eigenvalue weighted by atomic mass is 16.5. The van der Waals surface area contributed by atoms with E-state index in [-0.39, 0.29) is 18.1 Å². The molecule has 1 fully saturated rings. The summed E-state index contributed by atoms with van der Waals surface area (Å²) in [5.74, 6) is 1.22. The summed E-state index contributed by atoms with van der Waals surface area (Å²) in [6.45, 7) is 3.85. The van der Waals surface area contributed by atoms with E-state index in [1.54, 1.807) is 18.3 Å². The number of nitrogens with two attached hydrogens (primary N) is 1. The van der Waals surface area contributed by atoms with Gasteiger partial charge < -0.3 is 41.6 Å². The number of aliphatic hydroxyl groups excluding tert-OH is 1. The van der Waals surface area contributed by atoms with Crippen LogP contribution in [0.1, 0.15) is 47.3 Å². The Morgan fingerprint density at radius 2 is 1.58 bits per heavy atom. The minimum absolute atomic E-state index is 0.160. The van der Waals surface area contributed by atoms with Crippen molar-refractivity contribution >= 4 is 23.8 Å². The highest BCUT2D eigenvalue weighted by Gasteiger charge is 2.20. The topological polar surface area (TPSA) is 181 Å². The minimum atomic E-state index is -0.235. The molecule has 7 N–H and O–H groups in total. The maximum atomic E-state index is 12.5. The summed E-state index contributed by atoms with van der Waals surface area (Å²) < 4.78 is 10.7. The van der Waals surface area contributed by atoms with Gasteiger partial charge in [0.2, 0.25) is 17.8 Å². The first-order chi connectivity index (χ1) is 21.1. The lowest BCUT2D eigenvalue weighted by molar-refractivity contribution is 0.0511. The van der Waals surface area contributed by atoms with Crippen molar-refractivity contribution in [1.82, 2.24) is 25.3 Å². The van der Waals surface area contributed by atoms with Crippen molar-refractivity contribution in [3.63, 3.8) is 0 Å². The van der Waals surface area contributed by atoms with E-state index in [1.807, 2.05) is 30.3 Å². The van der Waals surface area contributed by atoms with Crippen LogP contribution >= 0.6 is 0 Å². The second-order valence-electron chi connectivity index (χ2n) is 10.3. The lowest BCUT2D eigenvalue weighted by Crippen LogP contribution is -2.29. The lowest BCUT2D eigenvalue weighted by Gasteiger charge is -2.26. The van der Waals surface area contributed by atoms with Crippen LogP contribution in [0.15, 0.2) is 48.7 Å². The van der Waals surface area contributed by atoms with Crippen molar-refractivity contribution in [3.05, 3.63) is 65.5 Å². The number of aromatic nitrogens is 4. The van der Waals surface area contributed by atoms with E-state index in [1.165, 1.54) is 0 Å². The molecule has 0 saturated heterocycles. The summed E-state index contributed by atoms with van der Waals surface area (Å²) in [6, 6.07) is 13.4. The number of benzene rings is 1. The maximum Gasteiger partial charge on any atom is 0.251 e. The largest absolute Gasteiger partial charge is 0.393 e. The van der Waals surface area contributed by atoms with Gasteiger partial charge in [-0.1, -0.05) is 18.2 Å². The van der Waals surface area contributed by atoms with Crippen LogP contribution < -0.4 is 27.0 Å². The molecule has 2 heterocycles. The molecule has 1 aliphatic carbocycles. The van der Waals surface area contributed by atoms with Crippen LogP contribution in [-0.4, -0.2) is 89.2 Å². The second-order valence-corrected chi connectivity index (χ2v) is 10.3. The van der Waals surface area contributed by atoms with Gasteiger partial charge in [-0.05, 0) is 55.5 Å². The van der Waals surface area contributed by atoms with Gasteiger partial charge in [-0.15, -0.1) is 0 Å². The lowest BCUT2D eigenvalue weighted by atomic mass is 9.93. The van der Waals surface area contributed by atoms with Crippen LogP contribution in [0.2, 0.25) is 0 Å². The number of hydrogen-bond donors (Lipinski definition) is 6. The van der Waals surface area contributed by atoms with Crippen molar-refractivity contribution < 1.29 is 19.4 Å². The zero-order valence-electron chi connectivity index (χ0n) is 24.5. The summed E-state index contributed by atoms with van der Waals surface area (Å²) in [7, 11) is 0. The molecule has 1 saturated carbocycles. The number of nitrogens with zero attached hydrogens (tertiary/aromatic N) is 4. The van der Waals surface area contributed by atoms with Crippen LogP contribution in [0.3, 0.4) is 0 Å². The number of carbonyl (C=O) groups is 1. The van der Waals surface area contributed by atoms with Gasteiger partial charge in [0.15, 0.2) is 0 Å². The van der Waals surface area contributed by atoms with Gasteiger partial charge in [-0.2, -0.15) is 15.0 Å². The van der Waals surface area contributed by atoms with Crippen LogP contribution in [0, 0.1) is 0 Å². The summed E-state index contributed by atoms with van der Waals surface area (Å²) >= 11 is 0. The number of aliphatic hydroxyl groups is 1. The normalized spacial score (nSPS) is 16.4. The van der Waals surface area contributed by atoms with Gasteiger partial charge in [0.25, 0.3) is 5.91 Å². The van der Waals surface area contributed by atoms with Gasteiger partial charge in [0.05, 0.1) is 32.5 Å². The van der Waals surface area contributed by atoms with E-state index in [9.17, 15) is 9.90 Å². The van der Waals surface area contributed by atoms with Crippen LogP contribution in [0.25, 0.3) is 0 Å². The highest BCUT2D eigenvalue weighted by molar-refractivity contribution is 5.94. The summed E-state index contributed by atoms with van der Waals surface area (Å²) in [5, 5.41) is 22.7. The van der Waals surface area contributed by atoms with Gasteiger partial charge in [0.1, 0.15) is 0 Å². The average molecular weight is 594 g/mol. The standard InChI is InChI=1S/C30H43N9O4/c31-13-17-42-19-20-43-18-16-33-27(41)23-6-4-22(5-7-23)21-35-29-37-28(34-15-12-24-3-1-2-14-32-24)38-30(39-29)36-25-8-10-26(40)11-9-25/h1-7,14,25-26,40H,8-13,15-21,31H2,(H,33,41)(H3,34,35,36,37,38,39). The first kappa shape index (κ1) is 32.0. The molecule has 13 heteroatoms. The van der Waals surface area contributed by atoms with Gasteiger partial charge in [-0.3, -0.25) is 9.78 Å². The minimum Gasteiger partial charge on any atom is -0.393 e. The molecule has 1 aliphatic rings. The number of rotatable bonds is 18. The third-order valence-corrected chi connectivity index (χ3v) is 6.89. The zero-order valence-corrected chi connectivity index (χ0v) is 24.5. The molecule has 1 amide bonds. The molecule has 3 aromatic rings. The van der Waals surface area contributed by atoms with Crippen LogP contribution in [0.5, 0.6) is 0 Å². The molecule has 0 unspecified atom stereocenters. The Labute approximate surface area is 252 Å². The van der Waals surface area contributed by atoms with E-state index < -0.39 is 0 Å². The molecule has 0 spiro atoms. The van der Waals surface area contributed by atoms with Gasteiger partial charge >= 0.3 is 0 Å². The molecule has 43 heavy (non-hydrogen) atoms. The summed E-state index contributed by atoms with van der Waals surface area (Å²) in [6.07, 6.45) is 5.51. The molecule has 0 radical (unpaired) electrons. The molecule has 0 aliphatic heterocycles. The number of hydrogen-bond acceptors (Lipinski definition) is 12. The Morgan fingerprint density at radius 1 is 0.860 bits per heavy atom. The predicted molar refractivity (Wildman–Crippen MR) is 165 cm³/mol. The van der Waals surface area contributed by atoms with E-state index in [0.717, 1.165) is 43.4 Å². The van der Waals surface area contributed by atoms with Crippen molar-refractivity contribution in [2.75, 3.05) is 62.0 Å². The van der Waals surface area contributed by atoms with Gasteiger partial charge in [0, 0.05) is 56.1 Å². The van der Waals surface area contributed by atoms with Gasteiger partial charge in [-0.25, -0.2) is 0 Å². The third-order valence-electron chi connectivity index (χ3n) is 6.89. The molecule has 232 valence electrons. The smallest absolute Gasteiger partial charge is 0.251 e. The second kappa shape index (κ2) is 17.9. The molecule has 13 nitrogen and oxygen atoms in total. The van der Waals surface area contributed by atoms with Crippen molar-refractivity contribution in [2.24, 2.45) is 5.73 Å². The Morgan fingerprint density at radius 3 is 2.30 bits per heavy atom. The fourth-order valence-electron chi connectivity index (χ4n) is 4.55. The fraction of sp³-hybridized carbons (Fsp3) is 0.500. The molecule has 4 rings (SSSR count). The Balaban J connectivity index is 1.28. The predicted octanol–water partition coefficient (Wildman–Crippen LogP) is 1.97. The van der Waals surface area contributed by atoms with Crippen molar-refractivity contribution in [1.29, 1.82) is 0 Å². The van der Waals surface area contributed by atoms with E-state index >= 15 is 0 Å². The first-order valence-corrected chi connectivity index (χ1v) is 14.9. The molecule has 1 aromatic carbocycles. The highest BCUT2D eigenvalue weighted by Crippen LogP contribution is 2.22. The molecular formula is C30H43N9O4. The quantitative estimate of drug-likeness (QED) is 0.118. The average Bonchev–Trinajstić information content (AvgIpc) is 3.03. The first-order valence-electron chi connectivity index (χ1n) is 14.9. The molecular weight excluding hydrogens is 550 g/mol. The Hall–Kier alpha value is -3.91. The number of nitrogens with one attached hydrogen (secondary N) is 4. The summed E-state index contributed by atoms with van der Waals surface area (Å²) in [5.41, 5.74) is 7.89. The third kappa shape index (κ3) is 11.7. The number of anilines is 3. The molecule has 0 atom stereocenters. The van der Waals surface area contributed by atoms with E-state index in [0.29, 0.717) is 76.0 Å². The maximum absolute atomic E-state index is 12.5. The summed E-state index contributed by atoms with van der Waals surface area (Å²) in [4.78, 5) is 30.6. The van der Waals surface area contributed by atoms with Crippen LogP contribution in [0.4, 0.5) is 17.8 Å². The molecule has 0 bridgehead atoms. The Bertz CT molecular complexity index is 1230. The van der Waals surface area contributed by atoms with Crippen molar-refractivity contribution in [2.45, 2.75) is 50.8 Å². The van der Waals surface area contributed by atoms with E-state index in [4.69, 9.17) is 15.2 Å².